The maximum atomic E-state index is 13.7. The number of anilines is 1. The molecule has 0 radical (unpaired) electrons. The number of para-hydroxylation sites is 1. The quantitative estimate of drug-likeness (QED) is 0.409. The van der Waals surface area contributed by atoms with Crippen LogP contribution >= 0.6 is 0 Å². The number of nitrogens with one attached hydrogen (secondary N) is 1. The van der Waals surface area contributed by atoms with Crippen molar-refractivity contribution in [2.75, 3.05) is 24.5 Å². The van der Waals surface area contributed by atoms with Crippen molar-refractivity contribution in [3.8, 4) is 5.69 Å². The Labute approximate surface area is 208 Å². The Kier molecular flexibility index (Phi) is 5.55. The Morgan fingerprint density at radius 3 is 2.67 bits per heavy atom. The van der Waals surface area contributed by atoms with Gasteiger partial charge in [-0.3, -0.25) is 4.79 Å². The summed E-state index contributed by atoms with van der Waals surface area (Å²) in [6, 6.07) is 13.8. The van der Waals surface area contributed by atoms with Crippen molar-refractivity contribution in [3.63, 3.8) is 0 Å². The van der Waals surface area contributed by atoms with Gasteiger partial charge >= 0.3 is 0 Å². The number of pyridine rings is 1. The summed E-state index contributed by atoms with van der Waals surface area (Å²) in [5, 5.41) is 5.62. The number of aromatic amines is 1. The topological polar surface area (TPSA) is 109 Å². The number of hydrogen-bond donors (Lipinski definition) is 1. The number of aromatic nitrogens is 7. The Bertz CT molecular complexity index is 1530. The molecule has 5 aromatic rings. The summed E-state index contributed by atoms with van der Waals surface area (Å²) < 4.78 is 1.81. The van der Waals surface area contributed by atoms with Crippen LogP contribution in [0.15, 0.2) is 55.1 Å². The number of rotatable bonds is 5. The molecule has 1 N–H and O–H groups in total. The third-order valence-electron chi connectivity index (χ3n) is 6.94. The number of imidazole rings is 1. The van der Waals surface area contributed by atoms with E-state index >= 15 is 0 Å². The lowest BCUT2D eigenvalue weighted by Gasteiger charge is -2.38. The van der Waals surface area contributed by atoms with Gasteiger partial charge in [0.25, 0.3) is 5.91 Å². The van der Waals surface area contributed by atoms with Crippen LogP contribution in [0.1, 0.15) is 35.9 Å². The molecule has 6 rings (SSSR count). The van der Waals surface area contributed by atoms with E-state index in [-0.39, 0.29) is 11.9 Å². The molecule has 10 nitrogen and oxygen atoms in total. The van der Waals surface area contributed by atoms with Crippen LogP contribution in [0, 0.1) is 6.92 Å². The highest BCUT2D eigenvalue weighted by atomic mass is 16.2. The molecule has 0 atom stereocenters. The van der Waals surface area contributed by atoms with E-state index in [2.05, 4.69) is 29.9 Å². The third kappa shape index (κ3) is 3.74. The molecule has 0 unspecified atom stereocenters. The number of amides is 1. The second-order valence-electron chi connectivity index (χ2n) is 9.01. The lowest BCUT2D eigenvalue weighted by atomic mass is 10.0. The standard InChI is InChI=1S/C26H27N9O/c1-3-34(18-11-13-33(14-12-18)25-22-23(28-15-27-22)29-16-30-25)26(36)21-10-9-20-17(2)32-35(24(20)31-21)19-7-5-4-6-8-19/h4-10,15-16,18H,3,11-14H2,1-2H3,(H,27,28,29,30). The van der Waals surface area contributed by atoms with Crippen molar-refractivity contribution in [1.82, 2.24) is 39.6 Å². The molecule has 0 saturated carbocycles. The number of benzene rings is 1. The van der Waals surface area contributed by atoms with Crippen molar-refractivity contribution in [3.05, 3.63) is 66.5 Å². The summed E-state index contributed by atoms with van der Waals surface area (Å²) in [5.41, 5.74) is 4.46. The van der Waals surface area contributed by atoms with Gasteiger partial charge in [0, 0.05) is 31.1 Å². The predicted octanol–water partition coefficient (Wildman–Crippen LogP) is 3.53. The van der Waals surface area contributed by atoms with Gasteiger partial charge < -0.3 is 14.8 Å². The van der Waals surface area contributed by atoms with E-state index in [1.807, 2.05) is 65.9 Å². The van der Waals surface area contributed by atoms with E-state index in [0.717, 1.165) is 54.0 Å². The Morgan fingerprint density at radius 2 is 1.89 bits per heavy atom. The molecule has 182 valence electrons. The summed E-state index contributed by atoms with van der Waals surface area (Å²) in [7, 11) is 0. The molecule has 36 heavy (non-hydrogen) atoms. The smallest absolute Gasteiger partial charge is 0.272 e. The van der Waals surface area contributed by atoms with E-state index in [1.165, 1.54) is 0 Å². The summed E-state index contributed by atoms with van der Waals surface area (Å²) in [4.78, 5) is 38.7. The summed E-state index contributed by atoms with van der Waals surface area (Å²) in [5.74, 6) is 0.816. The second-order valence-corrected chi connectivity index (χ2v) is 9.01. The van der Waals surface area contributed by atoms with Gasteiger partial charge in [0.15, 0.2) is 17.1 Å². The van der Waals surface area contributed by atoms with Crippen LogP contribution in [-0.2, 0) is 0 Å². The third-order valence-corrected chi connectivity index (χ3v) is 6.94. The molecule has 1 saturated heterocycles. The molecular formula is C26H27N9O. The zero-order valence-electron chi connectivity index (χ0n) is 20.3. The first-order chi connectivity index (χ1) is 17.6. The van der Waals surface area contributed by atoms with Crippen molar-refractivity contribution in [2.45, 2.75) is 32.7 Å². The van der Waals surface area contributed by atoms with Crippen molar-refractivity contribution >= 4 is 33.9 Å². The molecular weight excluding hydrogens is 454 g/mol. The van der Waals surface area contributed by atoms with Crippen LogP contribution in [0.25, 0.3) is 27.9 Å². The van der Waals surface area contributed by atoms with Crippen LogP contribution in [-0.4, -0.2) is 71.2 Å². The van der Waals surface area contributed by atoms with Gasteiger partial charge in [0.05, 0.1) is 17.7 Å². The van der Waals surface area contributed by atoms with Gasteiger partial charge in [-0.2, -0.15) is 5.10 Å². The monoisotopic (exact) mass is 481 g/mol. The van der Waals surface area contributed by atoms with E-state index < -0.39 is 0 Å². The molecule has 1 aromatic carbocycles. The molecule has 1 aliphatic rings. The van der Waals surface area contributed by atoms with E-state index in [9.17, 15) is 4.79 Å². The predicted molar refractivity (Wildman–Crippen MR) is 137 cm³/mol. The molecule has 0 aliphatic carbocycles. The normalized spacial score (nSPS) is 14.6. The first-order valence-corrected chi connectivity index (χ1v) is 12.3. The number of piperidine rings is 1. The highest BCUT2D eigenvalue weighted by Crippen LogP contribution is 2.26. The molecule has 1 fully saturated rings. The number of nitrogens with zero attached hydrogens (tertiary/aromatic N) is 8. The average molecular weight is 482 g/mol. The first-order valence-electron chi connectivity index (χ1n) is 12.3. The zero-order chi connectivity index (χ0) is 24.6. The summed E-state index contributed by atoms with van der Waals surface area (Å²) >= 11 is 0. The maximum Gasteiger partial charge on any atom is 0.272 e. The highest BCUT2D eigenvalue weighted by Gasteiger charge is 2.30. The minimum absolute atomic E-state index is 0.0469. The minimum Gasteiger partial charge on any atom is -0.355 e. The van der Waals surface area contributed by atoms with Gasteiger partial charge in [-0.05, 0) is 51.0 Å². The first kappa shape index (κ1) is 22.1. The molecule has 5 heterocycles. The Hall–Kier alpha value is -4.34. The second kappa shape index (κ2) is 9.03. The number of H-pyrrole nitrogens is 1. The fourth-order valence-electron chi connectivity index (χ4n) is 5.11. The SMILES string of the molecule is CCN(C(=O)c1ccc2c(C)nn(-c3ccccc3)c2n1)C1CCN(c2ncnc3nc[nH]c23)CC1. The van der Waals surface area contributed by atoms with Gasteiger partial charge in [-0.1, -0.05) is 18.2 Å². The van der Waals surface area contributed by atoms with Crippen LogP contribution in [0.3, 0.4) is 0 Å². The number of carbonyl (C=O) groups excluding carboxylic acids is 1. The highest BCUT2D eigenvalue weighted by molar-refractivity contribution is 5.95. The fourth-order valence-corrected chi connectivity index (χ4v) is 5.11. The molecule has 4 aromatic heterocycles. The van der Waals surface area contributed by atoms with Crippen LogP contribution in [0.2, 0.25) is 0 Å². The maximum absolute atomic E-state index is 13.7. The molecule has 1 amide bonds. The average Bonchev–Trinajstić information content (AvgIpc) is 3.54. The lowest BCUT2D eigenvalue weighted by molar-refractivity contribution is 0.0657. The number of hydrogen-bond acceptors (Lipinski definition) is 7. The van der Waals surface area contributed by atoms with E-state index in [0.29, 0.717) is 23.5 Å². The molecule has 0 bridgehead atoms. The van der Waals surface area contributed by atoms with Crippen LogP contribution in [0.5, 0.6) is 0 Å². The lowest BCUT2D eigenvalue weighted by Crippen LogP contribution is -2.47. The molecule has 1 aliphatic heterocycles. The van der Waals surface area contributed by atoms with E-state index in [1.54, 1.807) is 12.7 Å². The van der Waals surface area contributed by atoms with E-state index in [4.69, 9.17) is 4.98 Å². The van der Waals surface area contributed by atoms with Crippen molar-refractivity contribution in [2.24, 2.45) is 0 Å². The molecule has 10 heteroatoms. The molecule has 0 spiro atoms. The van der Waals surface area contributed by atoms with Crippen molar-refractivity contribution in [1.29, 1.82) is 0 Å². The summed E-state index contributed by atoms with van der Waals surface area (Å²) in [6.07, 6.45) is 4.89. The summed E-state index contributed by atoms with van der Waals surface area (Å²) in [6.45, 7) is 6.21. The minimum atomic E-state index is -0.0469. The Balaban J connectivity index is 1.24. The van der Waals surface area contributed by atoms with Gasteiger partial charge in [0.2, 0.25) is 0 Å². The Morgan fingerprint density at radius 1 is 1.08 bits per heavy atom. The number of carbonyl (C=O) groups is 1. The number of fused-ring (bicyclic) bond motifs is 2. The van der Waals surface area contributed by atoms with Crippen molar-refractivity contribution < 1.29 is 4.79 Å². The van der Waals surface area contributed by atoms with Gasteiger partial charge in [0.1, 0.15) is 17.5 Å². The zero-order valence-corrected chi connectivity index (χ0v) is 20.3. The largest absolute Gasteiger partial charge is 0.355 e. The number of aryl methyl sites for hydroxylation is 1. The van der Waals surface area contributed by atoms with Crippen LogP contribution < -0.4 is 4.90 Å². The van der Waals surface area contributed by atoms with Crippen LogP contribution in [0.4, 0.5) is 5.82 Å². The van der Waals surface area contributed by atoms with Gasteiger partial charge in [-0.15, -0.1) is 0 Å². The fraction of sp³-hybridized carbons (Fsp3) is 0.308. The van der Waals surface area contributed by atoms with Gasteiger partial charge in [-0.25, -0.2) is 24.6 Å².